The Labute approximate surface area is 130 Å². The predicted molar refractivity (Wildman–Crippen MR) is 94.8 cm³/mol. The van der Waals surface area contributed by atoms with Crippen LogP contribution in [0.15, 0.2) is 36.5 Å². The fraction of sp³-hybridized carbons (Fsp3) is 0.550. The van der Waals surface area contributed by atoms with Gasteiger partial charge in [-0.15, -0.1) is 0 Å². The lowest BCUT2D eigenvalue weighted by molar-refractivity contribution is 0.585. The van der Waals surface area contributed by atoms with Crippen molar-refractivity contribution < 1.29 is 0 Å². The second-order valence-electron chi connectivity index (χ2n) is 5.79. The summed E-state index contributed by atoms with van der Waals surface area (Å²) in [5.74, 6) is 0. The molecule has 116 valence electrons. The Hall–Kier alpha value is -1.37. The molecule has 0 saturated carbocycles. The number of nitrogens with zero attached hydrogens (tertiary/aromatic N) is 1. The van der Waals surface area contributed by atoms with Gasteiger partial charge in [0.1, 0.15) is 0 Å². The quantitative estimate of drug-likeness (QED) is 0.516. The van der Waals surface area contributed by atoms with Gasteiger partial charge in [-0.3, -0.25) is 4.98 Å². The molecule has 1 nitrogen and oxygen atoms in total. The molecular weight excluding hydrogens is 254 g/mol. The minimum Gasteiger partial charge on any atom is -0.261 e. The van der Waals surface area contributed by atoms with E-state index in [-0.39, 0.29) is 0 Å². The number of aryl methyl sites for hydroxylation is 1. The number of hydrogen-bond acceptors (Lipinski definition) is 1. The molecule has 1 heteroatoms. The molecule has 0 aliphatic heterocycles. The number of benzene rings is 1. The van der Waals surface area contributed by atoms with Crippen molar-refractivity contribution in [3.05, 3.63) is 42.2 Å². The van der Waals surface area contributed by atoms with E-state index < -0.39 is 0 Å². The van der Waals surface area contributed by atoms with Crippen molar-refractivity contribution >= 4 is 10.8 Å². The maximum absolute atomic E-state index is 4.21. The highest BCUT2D eigenvalue weighted by Crippen LogP contribution is 2.12. The average molecular weight is 285 g/mol. The Kier molecular flexibility index (Phi) is 9.52. The average Bonchev–Trinajstić information content (AvgIpc) is 2.51. The molecule has 0 radical (unpaired) electrons. The first-order valence-electron chi connectivity index (χ1n) is 8.59. The van der Waals surface area contributed by atoms with E-state index in [2.05, 4.69) is 37.0 Å². The largest absolute Gasteiger partial charge is 0.261 e. The van der Waals surface area contributed by atoms with E-state index in [4.69, 9.17) is 0 Å². The third-order valence-electron chi connectivity index (χ3n) is 3.72. The molecule has 0 N–H and O–H groups in total. The summed E-state index contributed by atoms with van der Waals surface area (Å²) in [5.41, 5.74) is 1.07. The van der Waals surface area contributed by atoms with Gasteiger partial charge >= 0.3 is 0 Å². The second-order valence-corrected chi connectivity index (χ2v) is 5.79. The van der Waals surface area contributed by atoms with Crippen LogP contribution >= 0.6 is 0 Å². The summed E-state index contributed by atoms with van der Waals surface area (Å²) in [7, 11) is 0. The van der Waals surface area contributed by atoms with Crippen LogP contribution in [0.1, 0.15) is 70.9 Å². The van der Waals surface area contributed by atoms with E-state index in [0.29, 0.717) is 0 Å². The van der Waals surface area contributed by atoms with E-state index in [0.717, 1.165) is 5.69 Å². The fourth-order valence-electron chi connectivity index (χ4n) is 2.40. The van der Waals surface area contributed by atoms with Gasteiger partial charge in [-0.1, -0.05) is 89.5 Å². The van der Waals surface area contributed by atoms with Gasteiger partial charge in [-0.2, -0.15) is 0 Å². The maximum atomic E-state index is 4.21. The van der Waals surface area contributed by atoms with E-state index >= 15 is 0 Å². The molecule has 21 heavy (non-hydrogen) atoms. The predicted octanol–water partition coefficient (Wildman–Crippen LogP) is 6.69. The maximum Gasteiger partial charge on any atom is 0.0379 e. The first kappa shape index (κ1) is 17.7. The van der Waals surface area contributed by atoms with Crippen LogP contribution in [-0.2, 0) is 0 Å². The van der Waals surface area contributed by atoms with E-state index in [9.17, 15) is 0 Å². The highest BCUT2D eigenvalue weighted by Gasteiger charge is 1.90. The number of aromatic nitrogens is 1. The van der Waals surface area contributed by atoms with E-state index in [1.807, 2.05) is 25.3 Å². The Morgan fingerprint density at radius 1 is 0.762 bits per heavy atom. The van der Waals surface area contributed by atoms with Crippen LogP contribution in [0.4, 0.5) is 0 Å². The minimum absolute atomic E-state index is 1.07. The molecule has 0 fully saturated rings. The lowest BCUT2D eigenvalue weighted by Gasteiger charge is -1.97. The van der Waals surface area contributed by atoms with Gasteiger partial charge in [0.15, 0.2) is 0 Å². The van der Waals surface area contributed by atoms with Crippen molar-refractivity contribution in [3.63, 3.8) is 0 Å². The normalized spacial score (nSPS) is 10.2. The van der Waals surface area contributed by atoms with Crippen LogP contribution in [0.5, 0.6) is 0 Å². The third kappa shape index (κ3) is 7.84. The number of rotatable bonds is 7. The molecule has 0 aliphatic carbocycles. The number of unbranched alkanes of at least 4 members (excludes halogenated alkanes) is 7. The van der Waals surface area contributed by atoms with Gasteiger partial charge in [-0.05, 0) is 18.4 Å². The summed E-state index contributed by atoms with van der Waals surface area (Å²) in [5, 5.41) is 2.47. The van der Waals surface area contributed by atoms with Gasteiger partial charge in [0.25, 0.3) is 0 Å². The van der Waals surface area contributed by atoms with Crippen molar-refractivity contribution in [3.8, 4) is 0 Å². The van der Waals surface area contributed by atoms with E-state index in [1.165, 1.54) is 62.1 Å². The smallest absolute Gasteiger partial charge is 0.0379 e. The molecule has 2 aromatic rings. The number of hydrogen-bond donors (Lipinski definition) is 0. The standard InChI is InChI=1S/C10H9N.C10H22/c1-8-6-9-4-2-3-5-10(9)7-11-8;1-3-5-7-9-10-8-6-4-2/h2-7H,1H3;3-10H2,1-2H3. The zero-order valence-electron chi connectivity index (χ0n) is 14.1. The summed E-state index contributed by atoms with van der Waals surface area (Å²) in [6.45, 7) is 6.55. The van der Waals surface area contributed by atoms with Gasteiger partial charge in [-0.25, -0.2) is 0 Å². The Morgan fingerprint density at radius 2 is 1.29 bits per heavy atom. The summed E-state index contributed by atoms with van der Waals surface area (Å²) in [6, 6.07) is 10.3. The van der Waals surface area contributed by atoms with Crippen LogP contribution in [0, 0.1) is 6.92 Å². The van der Waals surface area contributed by atoms with Crippen LogP contribution in [0.2, 0.25) is 0 Å². The van der Waals surface area contributed by atoms with Gasteiger partial charge in [0, 0.05) is 17.3 Å². The second kappa shape index (κ2) is 11.3. The fourth-order valence-corrected chi connectivity index (χ4v) is 2.40. The molecule has 0 bridgehead atoms. The molecule has 0 atom stereocenters. The van der Waals surface area contributed by atoms with Crippen molar-refractivity contribution in [1.29, 1.82) is 0 Å². The topological polar surface area (TPSA) is 12.9 Å². The third-order valence-corrected chi connectivity index (χ3v) is 3.72. The first-order chi connectivity index (χ1) is 10.3. The Morgan fingerprint density at radius 3 is 1.86 bits per heavy atom. The molecule has 0 amide bonds. The molecule has 2 rings (SSSR count). The highest BCUT2D eigenvalue weighted by atomic mass is 14.6. The molecular formula is C20H31N. The first-order valence-corrected chi connectivity index (χ1v) is 8.59. The van der Waals surface area contributed by atoms with Crippen molar-refractivity contribution in [2.24, 2.45) is 0 Å². The van der Waals surface area contributed by atoms with Gasteiger partial charge in [0.05, 0.1) is 0 Å². The summed E-state index contributed by atoms with van der Waals surface area (Å²) < 4.78 is 0. The zero-order valence-corrected chi connectivity index (χ0v) is 14.1. The van der Waals surface area contributed by atoms with Crippen LogP contribution < -0.4 is 0 Å². The van der Waals surface area contributed by atoms with Crippen LogP contribution in [0.25, 0.3) is 10.8 Å². The summed E-state index contributed by atoms with van der Waals surface area (Å²) in [4.78, 5) is 4.21. The summed E-state index contributed by atoms with van der Waals surface area (Å²) in [6.07, 6.45) is 13.4. The lowest BCUT2D eigenvalue weighted by atomic mass is 10.1. The monoisotopic (exact) mass is 285 g/mol. The van der Waals surface area contributed by atoms with Gasteiger partial charge < -0.3 is 0 Å². The molecule has 1 aromatic carbocycles. The van der Waals surface area contributed by atoms with Gasteiger partial charge in [0.2, 0.25) is 0 Å². The molecule has 0 unspecified atom stereocenters. The molecule has 0 aliphatic rings. The minimum atomic E-state index is 1.07. The highest BCUT2D eigenvalue weighted by molar-refractivity contribution is 5.81. The van der Waals surface area contributed by atoms with E-state index in [1.54, 1.807) is 0 Å². The van der Waals surface area contributed by atoms with Crippen LogP contribution in [-0.4, -0.2) is 4.98 Å². The number of fused-ring (bicyclic) bond motifs is 1. The SMILES string of the molecule is CCCCCCCCCC.Cc1cc2ccccc2cn1. The molecule has 1 heterocycles. The number of pyridine rings is 1. The molecule has 0 spiro atoms. The Bertz CT molecular complexity index is 482. The van der Waals surface area contributed by atoms with Crippen molar-refractivity contribution in [2.45, 2.75) is 72.1 Å². The Balaban J connectivity index is 0.000000212. The molecule has 0 saturated heterocycles. The van der Waals surface area contributed by atoms with Crippen molar-refractivity contribution in [1.82, 2.24) is 4.98 Å². The van der Waals surface area contributed by atoms with Crippen LogP contribution in [0.3, 0.4) is 0 Å². The lowest BCUT2D eigenvalue weighted by Crippen LogP contribution is -1.79. The molecule has 1 aromatic heterocycles. The summed E-state index contributed by atoms with van der Waals surface area (Å²) >= 11 is 0. The van der Waals surface area contributed by atoms with Crippen molar-refractivity contribution in [2.75, 3.05) is 0 Å². The zero-order chi connectivity index (χ0) is 15.3.